The molecule has 0 heterocycles. The minimum atomic E-state index is -1.31. The highest BCUT2D eigenvalue weighted by Gasteiger charge is 2.12. The third-order valence-corrected chi connectivity index (χ3v) is 11.4. The summed E-state index contributed by atoms with van der Waals surface area (Å²) in [5.41, 5.74) is 0. The number of hydrogen-bond acceptors (Lipinski definition) is 4. The summed E-state index contributed by atoms with van der Waals surface area (Å²) in [6.07, 6.45) is 9.61. The van der Waals surface area contributed by atoms with E-state index in [-0.39, 0.29) is 0 Å². The molecule has 0 fully saturated rings. The van der Waals surface area contributed by atoms with Gasteiger partial charge in [0, 0.05) is 23.0 Å². The van der Waals surface area contributed by atoms with Crippen molar-refractivity contribution in [3.05, 3.63) is 0 Å². The van der Waals surface area contributed by atoms with Crippen molar-refractivity contribution in [1.29, 1.82) is 0 Å². The van der Waals surface area contributed by atoms with Crippen LogP contribution in [0.5, 0.6) is 0 Å². The molecule has 0 spiro atoms. The SMILES string of the molecule is CCCCCCS(=O)S(=O)CCCCS(=O)S(=O)CCCCCC. The Kier molecular flexibility index (Phi) is 17.5. The molecule has 0 rings (SSSR count). The summed E-state index contributed by atoms with van der Waals surface area (Å²) in [4.78, 5) is 0. The predicted octanol–water partition coefficient (Wildman–Crippen LogP) is 3.75. The summed E-state index contributed by atoms with van der Waals surface area (Å²) in [5, 5.41) is 0. The van der Waals surface area contributed by atoms with Gasteiger partial charge in [0.2, 0.25) is 0 Å². The molecule has 0 N–H and O–H groups in total. The van der Waals surface area contributed by atoms with Crippen LogP contribution in [0.15, 0.2) is 0 Å². The second-order valence-corrected chi connectivity index (χ2v) is 14.4. The van der Waals surface area contributed by atoms with Gasteiger partial charge in [-0.3, -0.25) is 0 Å². The van der Waals surface area contributed by atoms with E-state index < -0.39 is 39.3 Å². The normalized spacial score (nSPS) is 16.6. The van der Waals surface area contributed by atoms with E-state index in [9.17, 15) is 16.8 Å². The van der Waals surface area contributed by atoms with Gasteiger partial charge >= 0.3 is 0 Å². The Labute approximate surface area is 157 Å². The first kappa shape index (κ1) is 24.6. The van der Waals surface area contributed by atoms with Crippen LogP contribution in [0.3, 0.4) is 0 Å². The number of rotatable bonds is 17. The van der Waals surface area contributed by atoms with Gasteiger partial charge in [-0.1, -0.05) is 52.4 Å². The molecule has 8 heteroatoms. The molecular weight excluding hydrogens is 384 g/mol. The molecule has 0 saturated heterocycles. The molecule has 0 aliphatic rings. The highest BCUT2D eigenvalue weighted by atomic mass is 33.1. The molecule has 4 unspecified atom stereocenters. The largest absolute Gasteiger partial charge is 0.246 e. The fourth-order valence-electron chi connectivity index (χ4n) is 2.10. The van der Waals surface area contributed by atoms with Gasteiger partial charge in [-0.05, 0) is 25.7 Å². The van der Waals surface area contributed by atoms with Gasteiger partial charge in [0.1, 0.15) is 39.3 Å². The van der Waals surface area contributed by atoms with Crippen molar-refractivity contribution in [2.75, 3.05) is 23.0 Å². The van der Waals surface area contributed by atoms with E-state index >= 15 is 0 Å². The van der Waals surface area contributed by atoms with Gasteiger partial charge in [-0.25, -0.2) is 16.8 Å². The lowest BCUT2D eigenvalue weighted by Crippen LogP contribution is -2.11. The molecular formula is C16H34O4S4. The van der Waals surface area contributed by atoms with E-state index in [1.54, 1.807) is 0 Å². The van der Waals surface area contributed by atoms with Crippen LogP contribution in [0, 0.1) is 0 Å². The Morgan fingerprint density at radius 3 is 0.917 bits per heavy atom. The third-order valence-electron chi connectivity index (χ3n) is 3.62. The van der Waals surface area contributed by atoms with Gasteiger partial charge in [0.15, 0.2) is 0 Å². The first-order chi connectivity index (χ1) is 11.5. The van der Waals surface area contributed by atoms with Gasteiger partial charge in [0.25, 0.3) is 0 Å². The van der Waals surface area contributed by atoms with Crippen LogP contribution in [0.2, 0.25) is 0 Å². The lowest BCUT2D eigenvalue weighted by atomic mass is 10.2. The standard InChI is InChI=1S/C16H34O4S4/c1-3-5-7-9-13-21(17)23(19)15-11-12-16-24(20)22(18)14-10-8-6-4-2/h3-16H2,1-2H3. The Hall–Kier alpha value is 0.600. The molecule has 0 aliphatic carbocycles. The van der Waals surface area contributed by atoms with Gasteiger partial charge in [0.05, 0.1) is 0 Å². The highest BCUT2D eigenvalue weighted by Crippen LogP contribution is 2.07. The molecule has 0 radical (unpaired) electrons. The molecule has 0 saturated carbocycles. The van der Waals surface area contributed by atoms with Gasteiger partial charge in [-0.15, -0.1) is 0 Å². The summed E-state index contributed by atoms with van der Waals surface area (Å²) in [6.45, 7) is 4.24. The summed E-state index contributed by atoms with van der Waals surface area (Å²) in [5.74, 6) is 1.81. The van der Waals surface area contributed by atoms with Crippen LogP contribution in [-0.4, -0.2) is 39.8 Å². The zero-order valence-corrected chi connectivity index (χ0v) is 18.4. The number of unbranched alkanes of at least 4 members (excludes halogenated alkanes) is 7. The number of hydrogen-bond donors (Lipinski definition) is 0. The smallest absolute Gasteiger partial charge is 0.110 e. The Bertz CT molecular complexity index is 375. The van der Waals surface area contributed by atoms with Crippen molar-refractivity contribution in [3.63, 3.8) is 0 Å². The molecule has 24 heavy (non-hydrogen) atoms. The van der Waals surface area contributed by atoms with Gasteiger partial charge in [-0.2, -0.15) is 0 Å². The summed E-state index contributed by atoms with van der Waals surface area (Å²) >= 11 is 0. The van der Waals surface area contributed by atoms with E-state index in [1.807, 2.05) is 0 Å². The minimum Gasteiger partial charge on any atom is -0.246 e. The maximum atomic E-state index is 11.9. The average molecular weight is 419 g/mol. The Morgan fingerprint density at radius 2 is 0.667 bits per heavy atom. The summed E-state index contributed by atoms with van der Waals surface area (Å²) in [6, 6.07) is 0. The van der Waals surface area contributed by atoms with E-state index in [4.69, 9.17) is 0 Å². The van der Waals surface area contributed by atoms with Crippen LogP contribution >= 0.6 is 0 Å². The molecule has 0 amide bonds. The molecule has 4 nitrogen and oxygen atoms in total. The van der Waals surface area contributed by atoms with Crippen molar-refractivity contribution in [1.82, 2.24) is 0 Å². The fraction of sp³-hybridized carbons (Fsp3) is 1.00. The van der Waals surface area contributed by atoms with Crippen LogP contribution in [0.4, 0.5) is 0 Å². The van der Waals surface area contributed by atoms with Crippen molar-refractivity contribution < 1.29 is 16.8 Å². The Morgan fingerprint density at radius 1 is 0.417 bits per heavy atom. The topological polar surface area (TPSA) is 68.3 Å². The Balaban J connectivity index is 3.72. The molecule has 146 valence electrons. The monoisotopic (exact) mass is 418 g/mol. The quantitative estimate of drug-likeness (QED) is 0.266. The van der Waals surface area contributed by atoms with Crippen LogP contribution < -0.4 is 0 Å². The minimum absolute atomic E-state index is 0.390. The molecule has 0 aromatic heterocycles. The second-order valence-electron chi connectivity index (χ2n) is 5.86. The highest BCUT2D eigenvalue weighted by molar-refractivity contribution is 8.61. The van der Waals surface area contributed by atoms with E-state index in [0.717, 1.165) is 51.4 Å². The zero-order chi connectivity index (χ0) is 18.2. The molecule has 0 aromatic carbocycles. The van der Waals surface area contributed by atoms with Crippen molar-refractivity contribution >= 4 is 39.3 Å². The first-order valence-corrected chi connectivity index (χ1v) is 15.4. The van der Waals surface area contributed by atoms with Crippen molar-refractivity contribution in [3.8, 4) is 0 Å². The zero-order valence-electron chi connectivity index (χ0n) is 15.2. The van der Waals surface area contributed by atoms with E-state index in [0.29, 0.717) is 35.9 Å². The van der Waals surface area contributed by atoms with Crippen molar-refractivity contribution in [2.45, 2.75) is 78.1 Å². The van der Waals surface area contributed by atoms with Crippen LogP contribution in [0.1, 0.15) is 78.1 Å². The fourth-order valence-corrected chi connectivity index (χ4v) is 8.25. The lowest BCUT2D eigenvalue weighted by Gasteiger charge is -2.04. The summed E-state index contributed by atoms with van der Waals surface area (Å²) in [7, 11) is -5.13. The molecule has 0 aromatic rings. The average Bonchev–Trinajstić information content (AvgIpc) is 2.58. The third kappa shape index (κ3) is 13.8. The molecule has 4 atom stereocenters. The van der Waals surface area contributed by atoms with Crippen LogP contribution in [0.25, 0.3) is 0 Å². The van der Waals surface area contributed by atoms with E-state index in [2.05, 4.69) is 13.8 Å². The predicted molar refractivity (Wildman–Crippen MR) is 110 cm³/mol. The molecule has 0 bridgehead atoms. The van der Waals surface area contributed by atoms with Crippen LogP contribution in [-0.2, 0) is 39.3 Å². The molecule has 0 aliphatic heterocycles. The first-order valence-electron chi connectivity index (χ1n) is 9.07. The maximum absolute atomic E-state index is 11.9. The maximum Gasteiger partial charge on any atom is 0.110 e. The second kappa shape index (κ2) is 17.0. The van der Waals surface area contributed by atoms with E-state index in [1.165, 1.54) is 0 Å². The van der Waals surface area contributed by atoms with Crippen molar-refractivity contribution in [2.24, 2.45) is 0 Å². The summed E-state index contributed by atoms with van der Waals surface area (Å²) < 4.78 is 47.4. The lowest BCUT2D eigenvalue weighted by molar-refractivity contribution is 0.664. The van der Waals surface area contributed by atoms with Gasteiger partial charge < -0.3 is 0 Å².